The van der Waals surface area contributed by atoms with Crippen molar-refractivity contribution < 1.29 is 9.90 Å². The summed E-state index contributed by atoms with van der Waals surface area (Å²) in [6, 6.07) is 0.609. The van der Waals surface area contributed by atoms with Gasteiger partial charge in [-0.2, -0.15) is 0 Å². The molecule has 2 atom stereocenters. The second-order valence-corrected chi connectivity index (χ2v) is 5.06. The average molecular weight is 226 g/mol. The van der Waals surface area contributed by atoms with Gasteiger partial charge in [0.15, 0.2) is 0 Å². The van der Waals surface area contributed by atoms with Gasteiger partial charge in [-0.3, -0.25) is 4.79 Å². The molecule has 0 spiro atoms. The van der Waals surface area contributed by atoms with Crippen LogP contribution in [0.15, 0.2) is 0 Å². The minimum absolute atomic E-state index is 0.189. The zero-order valence-electron chi connectivity index (χ0n) is 9.77. The Morgan fingerprint density at radius 2 is 1.88 bits per heavy atom. The Hall–Kier alpha value is -0.610. The Morgan fingerprint density at radius 1 is 1.25 bits per heavy atom. The van der Waals surface area contributed by atoms with Gasteiger partial charge in [0.05, 0.1) is 6.10 Å². The number of nitrogens with two attached hydrogens (primary N) is 1. The first kappa shape index (κ1) is 11.9. The van der Waals surface area contributed by atoms with Crippen LogP contribution in [0.25, 0.3) is 0 Å². The number of amides is 1. The first-order valence-electron chi connectivity index (χ1n) is 6.41. The molecule has 4 heteroatoms. The van der Waals surface area contributed by atoms with E-state index < -0.39 is 0 Å². The van der Waals surface area contributed by atoms with E-state index in [1.165, 1.54) is 0 Å². The summed E-state index contributed by atoms with van der Waals surface area (Å²) < 4.78 is 0. The molecule has 0 aliphatic carbocycles. The summed E-state index contributed by atoms with van der Waals surface area (Å²) in [7, 11) is 0. The fourth-order valence-corrected chi connectivity index (χ4v) is 3.11. The number of unbranched alkanes of at least 4 members (excludes halogenated alkanes) is 1. The van der Waals surface area contributed by atoms with Crippen molar-refractivity contribution >= 4 is 5.91 Å². The predicted molar refractivity (Wildman–Crippen MR) is 61.8 cm³/mol. The molecule has 0 aromatic heterocycles. The first-order chi connectivity index (χ1) is 7.72. The van der Waals surface area contributed by atoms with E-state index in [0.717, 1.165) is 38.5 Å². The number of fused-ring (bicyclic) bond motifs is 2. The molecule has 0 aromatic rings. The summed E-state index contributed by atoms with van der Waals surface area (Å²) in [4.78, 5) is 14.1. The lowest BCUT2D eigenvalue weighted by Crippen LogP contribution is -2.47. The van der Waals surface area contributed by atoms with Crippen molar-refractivity contribution in [2.45, 2.75) is 63.1 Å². The van der Waals surface area contributed by atoms with Gasteiger partial charge in [0.2, 0.25) is 5.91 Å². The molecule has 92 valence electrons. The molecule has 2 saturated heterocycles. The van der Waals surface area contributed by atoms with Gasteiger partial charge in [0.25, 0.3) is 0 Å². The van der Waals surface area contributed by atoms with Gasteiger partial charge in [-0.15, -0.1) is 0 Å². The largest absolute Gasteiger partial charge is 0.393 e. The van der Waals surface area contributed by atoms with Crippen LogP contribution in [0.1, 0.15) is 44.9 Å². The van der Waals surface area contributed by atoms with E-state index in [0.29, 0.717) is 25.0 Å². The van der Waals surface area contributed by atoms with Crippen LogP contribution in [0, 0.1) is 0 Å². The minimum Gasteiger partial charge on any atom is -0.393 e. The van der Waals surface area contributed by atoms with E-state index in [2.05, 4.69) is 0 Å². The molecule has 2 bridgehead atoms. The van der Waals surface area contributed by atoms with Gasteiger partial charge in [-0.05, 0) is 45.1 Å². The summed E-state index contributed by atoms with van der Waals surface area (Å²) in [6.07, 6.45) is 5.96. The fourth-order valence-electron chi connectivity index (χ4n) is 3.11. The van der Waals surface area contributed by atoms with E-state index >= 15 is 0 Å². The van der Waals surface area contributed by atoms with Gasteiger partial charge in [-0.1, -0.05) is 0 Å². The summed E-state index contributed by atoms with van der Waals surface area (Å²) in [5, 5.41) is 9.65. The Balaban J connectivity index is 1.87. The number of nitrogens with zero attached hydrogens (tertiary/aromatic N) is 1. The molecule has 0 radical (unpaired) electrons. The quantitative estimate of drug-likeness (QED) is 0.691. The van der Waals surface area contributed by atoms with Crippen LogP contribution in [0.3, 0.4) is 0 Å². The average Bonchev–Trinajstić information content (AvgIpc) is 2.52. The molecule has 2 aliphatic heterocycles. The molecule has 1 amide bonds. The number of hydrogen-bond acceptors (Lipinski definition) is 3. The number of aliphatic hydroxyl groups excluding tert-OH is 1. The normalized spacial score (nSPS) is 33.1. The lowest BCUT2D eigenvalue weighted by Gasteiger charge is -2.37. The highest BCUT2D eigenvalue weighted by molar-refractivity contribution is 5.77. The van der Waals surface area contributed by atoms with Gasteiger partial charge >= 0.3 is 0 Å². The van der Waals surface area contributed by atoms with Crippen molar-refractivity contribution in [2.75, 3.05) is 6.54 Å². The van der Waals surface area contributed by atoms with Gasteiger partial charge in [-0.25, -0.2) is 0 Å². The van der Waals surface area contributed by atoms with E-state index in [1.54, 1.807) is 0 Å². The van der Waals surface area contributed by atoms with Crippen LogP contribution in [0.2, 0.25) is 0 Å². The summed E-state index contributed by atoms with van der Waals surface area (Å²) in [5.74, 6) is 0.271. The maximum absolute atomic E-state index is 12.0. The highest BCUT2D eigenvalue weighted by Gasteiger charge is 2.42. The Labute approximate surface area is 96.8 Å². The molecule has 0 saturated carbocycles. The van der Waals surface area contributed by atoms with Crippen LogP contribution in [-0.4, -0.2) is 40.6 Å². The third-order valence-corrected chi connectivity index (χ3v) is 3.84. The lowest BCUT2D eigenvalue weighted by atomic mass is 9.99. The van der Waals surface area contributed by atoms with Crippen LogP contribution in [0.4, 0.5) is 0 Å². The van der Waals surface area contributed by atoms with Crippen LogP contribution < -0.4 is 5.73 Å². The van der Waals surface area contributed by atoms with Crippen molar-refractivity contribution in [3.63, 3.8) is 0 Å². The molecule has 2 fully saturated rings. The molecule has 3 N–H and O–H groups in total. The van der Waals surface area contributed by atoms with Crippen molar-refractivity contribution in [3.8, 4) is 0 Å². The second kappa shape index (κ2) is 5.15. The number of carbonyl (C=O) groups excluding carboxylic acids is 1. The molecule has 2 rings (SSSR count). The van der Waals surface area contributed by atoms with Crippen LogP contribution >= 0.6 is 0 Å². The highest BCUT2D eigenvalue weighted by Crippen LogP contribution is 2.36. The van der Waals surface area contributed by atoms with Crippen molar-refractivity contribution in [1.29, 1.82) is 0 Å². The highest BCUT2D eigenvalue weighted by atomic mass is 16.3. The second-order valence-electron chi connectivity index (χ2n) is 5.06. The summed E-state index contributed by atoms with van der Waals surface area (Å²) in [6.45, 7) is 0.666. The van der Waals surface area contributed by atoms with Crippen LogP contribution in [0.5, 0.6) is 0 Å². The fraction of sp³-hybridized carbons (Fsp3) is 0.917. The Morgan fingerprint density at radius 3 is 2.44 bits per heavy atom. The molecular formula is C12H22N2O2. The van der Waals surface area contributed by atoms with Crippen LogP contribution in [-0.2, 0) is 4.79 Å². The van der Waals surface area contributed by atoms with E-state index in [1.807, 2.05) is 4.90 Å². The molecular weight excluding hydrogens is 204 g/mol. The smallest absolute Gasteiger partial charge is 0.223 e. The topological polar surface area (TPSA) is 66.6 Å². The number of piperidine rings is 1. The van der Waals surface area contributed by atoms with Crippen molar-refractivity contribution in [3.05, 3.63) is 0 Å². The molecule has 16 heavy (non-hydrogen) atoms. The Kier molecular flexibility index (Phi) is 3.82. The van der Waals surface area contributed by atoms with Crippen molar-refractivity contribution in [1.82, 2.24) is 4.90 Å². The zero-order valence-corrected chi connectivity index (χ0v) is 9.77. The first-order valence-corrected chi connectivity index (χ1v) is 6.41. The van der Waals surface area contributed by atoms with Gasteiger partial charge < -0.3 is 15.7 Å². The molecule has 0 aromatic carbocycles. The lowest BCUT2D eigenvalue weighted by molar-refractivity contribution is -0.137. The van der Waals surface area contributed by atoms with E-state index in [9.17, 15) is 9.90 Å². The summed E-state index contributed by atoms with van der Waals surface area (Å²) >= 11 is 0. The number of aliphatic hydroxyl groups is 1. The third-order valence-electron chi connectivity index (χ3n) is 3.84. The van der Waals surface area contributed by atoms with E-state index in [-0.39, 0.29) is 12.0 Å². The summed E-state index contributed by atoms with van der Waals surface area (Å²) in [5.41, 5.74) is 5.42. The standard InChI is InChI=1S/C12H22N2O2/c13-6-2-1-3-12(16)14-9-4-5-10(14)8-11(15)7-9/h9-11,15H,1-8,13H2. The Bertz CT molecular complexity index is 243. The maximum Gasteiger partial charge on any atom is 0.223 e. The molecule has 4 nitrogen and oxygen atoms in total. The SMILES string of the molecule is NCCCCC(=O)N1C2CCC1CC(O)C2. The third kappa shape index (κ3) is 2.38. The predicted octanol–water partition coefficient (Wildman–Crippen LogP) is 0.630. The van der Waals surface area contributed by atoms with Crippen molar-refractivity contribution in [2.24, 2.45) is 5.73 Å². The number of rotatable bonds is 4. The maximum atomic E-state index is 12.0. The molecule has 2 unspecified atom stereocenters. The minimum atomic E-state index is -0.189. The number of carbonyl (C=O) groups is 1. The van der Waals surface area contributed by atoms with Gasteiger partial charge in [0.1, 0.15) is 0 Å². The van der Waals surface area contributed by atoms with E-state index in [4.69, 9.17) is 5.73 Å². The number of hydrogen-bond donors (Lipinski definition) is 2. The zero-order chi connectivity index (χ0) is 11.5. The monoisotopic (exact) mass is 226 g/mol. The van der Waals surface area contributed by atoms with Gasteiger partial charge in [0, 0.05) is 18.5 Å². The molecule has 2 aliphatic rings. The molecule has 2 heterocycles.